The Morgan fingerprint density at radius 1 is 1.40 bits per heavy atom. The van der Waals surface area contributed by atoms with Gasteiger partial charge in [-0.25, -0.2) is 4.79 Å². The van der Waals surface area contributed by atoms with Crippen molar-refractivity contribution in [2.75, 3.05) is 13.2 Å². The summed E-state index contributed by atoms with van der Waals surface area (Å²) in [6.07, 6.45) is 7.22. The Bertz CT molecular complexity index is 473. The van der Waals surface area contributed by atoms with Crippen molar-refractivity contribution in [3.63, 3.8) is 0 Å². The van der Waals surface area contributed by atoms with E-state index in [0.717, 1.165) is 25.7 Å². The fraction of sp³-hybridized carbons (Fsp3) is 0.467. The van der Waals surface area contributed by atoms with Crippen LogP contribution >= 0.6 is 0 Å². The second-order valence-electron chi connectivity index (χ2n) is 4.50. The van der Waals surface area contributed by atoms with E-state index < -0.39 is 0 Å². The van der Waals surface area contributed by atoms with Gasteiger partial charge < -0.3 is 14.8 Å². The van der Waals surface area contributed by atoms with E-state index in [2.05, 4.69) is 22.1 Å². The zero-order chi connectivity index (χ0) is 14.0. The maximum atomic E-state index is 11.4. The smallest absolute Gasteiger partial charge is 0.408 e. The van der Waals surface area contributed by atoms with Crippen molar-refractivity contribution in [1.29, 1.82) is 0 Å². The lowest BCUT2D eigenvalue weighted by Crippen LogP contribution is -2.28. The number of hydrogen-bond donors (Lipinski definition) is 1. The predicted molar refractivity (Wildman–Crippen MR) is 74.2 cm³/mol. The molecule has 2 rings (SSSR count). The lowest BCUT2D eigenvalue weighted by atomic mass is 10.3. The Kier molecular flexibility index (Phi) is 5.71. The minimum absolute atomic E-state index is 0.0804. The summed E-state index contributed by atoms with van der Waals surface area (Å²) in [6, 6.07) is 3.61. The van der Waals surface area contributed by atoms with E-state index in [4.69, 9.17) is 9.47 Å². The lowest BCUT2D eigenvalue weighted by molar-refractivity contribution is 0.102. The number of amides is 1. The van der Waals surface area contributed by atoms with E-state index in [0.29, 0.717) is 5.75 Å². The Morgan fingerprint density at radius 3 is 3.00 bits per heavy atom. The molecule has 0 atom stereocenters. The number of nitrogens with one attached hydrogen (secondary N) is 1. The number of ether oxygens (including phenoxy) is 2. The number of nitrogens with zero attached hydrogens (tertiary/aromatic N) is 1. The maximum Gasteiger partial charge on any atom is 0.408 e. The summed E-state index contributed by atoms with van der Waals surface area (Å²) in [6.45, 7) is 0.535. The number of hydrogen-bond acceptors (Lipinski definition) is 4. The van der Waals surface area contributed by atoms with E-state index in [1.54, 1.807) is 18.5 Å². The minimum Gasteiger partial charge on any atom is -0.479 e. The molecule has 0 aliphatic heterocycles. The third-order valence-electron chi connectivity index (χ3n) is 2.97. The fourth-order valence-corrected chi connectivity index (χ4v) is 1.98. The molecule has 0 spiro atoms. The highest BCUT2D eigenvalue weighted by Crippen LogP contribution is 2.20. The van der Waals surface area contributed by atoms with Gasteiger partial charge in [-0.3, -0.25) is 4.98 Å². The van der Waals surface area contributed by atoms with Gasteiger partial charge in [-0.2, -0.15) is 0 Å². The molecule has 1 saturated carbocycles. The van der Waals surface area contributed by atoms with Gasteiger partial charge in [0, 0.05) is 6.20 Å². The van der Waals surface area contributed by atoms with E-state index in [1.165, 1.54) is 0 Å². The van der Waals surface area contributed by atoms with Crippen LogP contribution in [0.3, 0.4) is 0 Å². The molecule has 1 fully saturated rings. The molecule has 0 aromatic carbocycles. The molecule has 1 heterocycles. The van der Waals surface area contributed by atoms with Crippen LogP contribution in [0.4, 0.5) is 4.79 Å². The molecule has 20 heavy (non-hydrogen) atoms. The predicted octanol–water partition coefficient (Wildman–Crippen LogP) is 2.13. The second kappa shape index (κ2) is 8.05. The molecule has 0 radical (unpaired) electrons. The number of aromatic nitrogens is 1. The molecule has 0 unspecified atom stereocenters. The average Bonchev–Trinajstić information content (AvgIpc) is 2.96. The molecule has 1 N–H and O–H groups in total. The summed E-state index contributed by atoms with van der Waals surface area (Å²) in [7, 11) is 0. The van der Waals surface area contributed by atoms with Crippen molar-refractivity contribution in [1.82, 2.24) is 10.3 Å². The van der Waals surface area contributed by atoms with Crippen LogP contribution in [0.2, 0.25) is 0 Å². The summed E-state index contributed by atoms with van der Waals surface area (Å²) in [4.78, 5) is 15.3. The van der Waals surface area contributed by atoms with Gasteiger partial charge in [0.1, 0.15) is 18.5 Å². The molecule has 0 bridgehead atoms. The Morgan fingerprint density at radius 2 is 2.25 bits per heavy atom. The fourth-order valence-electron chi connectivity index (χ4n) is 1.98. The van der Waals surface area contributed by atoms with Crippen molar-refractivity contribution in [3.8, 4) is 17.6 Å². The first-order valence-electron chi connectivity index (χ1n) is 6.77. The normalized spacial score (nSPS) is 14.2. The molecular weight excluding hydrogens is 256 g/mol. The summed E-state index contributed by atoms with van der Waals surface area (Å²) in [5.74, 6) is 6.29. The lowest BCUT2D eigenvalue weighted by Gasteiger charge is -2.10. The Balaban J connectivity index is 1.56. The van der Waals surface area contributed by atoms with Crippen LogP contribution < -0.4 is 10.1 Å². The van der Waals surface area contributed by atoms with Crippen LogP contribution in [0.5, 0.6) is 5.75 Å². The highest BCUT2D eigenvalue weighted by Gasteiger charge is 2.18. The number of alkyl carbamates (subject to hydrolysis) is 1. The largest absolute Gasteiger partial charge is 0.479 e. The van der Waals surface area contributed by atoms with Crippen molar-refractivity contribution in [2.45, 2.75) is 31.8 Å². The second-order valence-corrected chi connectivity index (χ2v) is 4.50. The molecule has 1 aliphatic rings. The van der Waals surface area contributed by atoms with Crippen molar-refractivity contribution < 1.29 is 14.3 Å². The third kappa shape index (κ3) is 5.19. The zero-order valence-corrected chi connectivity index (χ0v) is 11.3. The van der Waals surface area contributed by atoms with Crippen LogP contribution in [-0.4, -0.2) is 30.3 Å². The van der Waals surface area contributed by atoms with Gasteiger partial charge in [0.15, 0.2) is 0 Å². The number of pyridine rings is 1. The standard InChI is InChI=1S/C15H18N2O3/c18-15(20-13-6-1-2-7-13)17-10-3-4-11-19-14-8-5-9-16-12-14/h5,8-9,12-13H,1-2,6-7,10-11H2,(H,17,18). The summed E-state index contributed by atoms with van der Waals surface area (Å²) < 4.78 is 10.6. The van der Waals surface area contributed by atoms with E-state index in [-0.39, 0.29) is 25.3 Å². The highest BCUT2D eigenvalue weighted by atomic mass is 16.6. The van der Waals surface area contributed by atoms with Crippen LogP contribution in [0.1, 0.15) is 25.7 Å². The van der Waals surface area contributed by atoms with Gasteiger partial charge in [-0.15, -0.1) is 0 Å². The van der Waals surface area contributed by atoms with E-state index in [1.807, 2.05) is 6.07 Å². The third-order valence-corrected chi connectivity index (χ3v) is 2.97. The molecule has 1 amide bonds. The quantitative estimate of drug-likeness (QED) is 0.854. The van der Waals surface area contributed by atoms with Crippen LogP contribution in [-0.2, 0) is 4.74 Å². The first-order valence-corrected chi connectivity index (χ1v) is 6.77. The topological polar surface area (TPSA) is 60.5 Å². The SMILES string of the molecule is O=C(NCC#CCOc1cccnc1)OC1CCCC1. The van der Waals surface area contributed by atoms with Crippen molar-refractivity contribution in [2.24, 2.45) is 0 Å². The molecular formula is C15H18N2O3. The van der Waals surface area contributed by atoms with Gasteiger partial charge in [0.2, 0.25) is 0 Å². The van der Waals surface area contributed by atoms with Gasteiger partial charge in [0.25, 0.3) is 0 Å². The van der Waals surface area contributed by atoms with Crippen LogP contribution in [0.15, 0.2) is 24.5 Å². The summed E-state index contributed by atoms with van der Waals surface area (Å²) >= 11 is 0. The Labute approximate surface area is 118 Å². The molecule has 1 aliphatic carbocycles. The van der Waals surface area contributed by atoms with Crippen molar-refractivity contribution in [3.05, 3.63) is 24.5 Å². The number of carbonyl (C=O) groups excluding carboxylic acids is 1. The highest BCUT2D eigenvalue weighted by molar-refractivity contribution is 5.67. The number of rotatable bonds is 4. The van der Waals surface area contributed by atoms with Crippen LogP contribution in [0.25, 0.3) is 0 Å². The molecule has 5 nitrogen and oxygen atoms in total. The first kappa shape index (κ1) is 14.2. The summed E-state index contributed by atoms with van der Waals surface area (Å²) in [5, 5.41) is 2.61. The Hall–Kier alpha value is -2.22. The molecule has 0 saturated heterocycles. The molecule has 1 aromatic heterocycles. The summed E-state index contributed by atoms with van der Waals surface area (Å²) in [5.41, 5.74) is 0. The monoisotopic (exact) mass is 274 g/mol. The average molecular weight is 274 g/mol. The molecule has 1 aromatic rings. The zero-order valence-electron chi connectivity index (χ0n) is 11.3. The van der Waals surface area contributed by atoms with E-state index >= 15 is 0 Å². The molecule has 5 heteroatoms. The van der Waals surface area contributed by atoms with Crippen LogP contribution in [0, 0.1) is 11.8 Å². The maximum absolute atomic E-state index is 11.4. The van der Waals surface area contributed by atoms with Gasteiger partial charge >= 0.3 is 6.09 Å². The first-order chi connectivity index (χ1) is 9.84. The minimum atomic E-state index is -0.389. The number of carbonyl (C=O) groups is 1. The van der Waals surface area contributed by atoms with Gasteiger partial charge in [0.05, 0.1) is 12.7 Å². The van der Waals surface area contributed by atoms with Gasteiger partial charge in [-0.05, 0) is 37.8 Å². The molecule has 106 valence electrons. The van der Waals surface area contributed by atoms with Crippen molar-refractivity contribution >= 4 is 6.09 Å². The van der Waals surface area contributed by atoms with Gasteiger partial charge in [-0.1, -0.05) is 11.8 Å². The van der Waals surface area contributed by atoms with E-state index in [9.17, 15) is 4.79 Å².